The lowest BCUT2D eigenvalue weighted by molar-refractivity contribution is 0.669. The average molecular weight is 757 g/mol. The standard InChI is InChI=1S/C54H32N2OS/c1-2-14-36(34-28-30-46-42(32-34)38-16-4-8-20-44(38)56(46)48-22-12-26-52-54(48)40-18-6-10-25-51(40)58-52)35(13-1)33-27-29-45-41(31-33)37-15-3-7-19-43(37)55(45)47-21-11-24-50-53(47)39-17-5-9-23-49(39)57-50/h1-32H. The van der Waals surface area contributed by atoms with Gasteiger partial charge in [-0.25, -0.2) is 0 Å². The largest absolute Gasteiger partial charge is 0.456 e. The molecule has 4 heteroatoms. The first-order valence-electron chi connectivity index (χ1n) is 19.8. The van der Waals surface area contributed by atoms with Crippen molar-refractivity contribution in [2.24, 2.45) is 0 Å². The number of para-hydroxylation sites is 3. The zero-order chi connectivity index (χ0) is 37.9. The second-order valence-corrected chi connectivity index (χ2v) is 16.3. The van der Waals surface area contributed by atoms with Crippen molar-refractivity contribution < 1.29 is 4.42 Å². The lowest BCUT2D eigenvalue weighted by Crippen LogP contribution is -1.95. The maximum atomic E-state index is 6.34. The number of fused-ring (bicyclic) bond motifs is 12. The molecule has 3 nitrogen and oxygen atoms in total. The number of hydrogen-bond donors (Lipinski definition) is 0. The van der Waals surface area contributed by atoms with Crippen LogP contribution < -0.4 is 0 Å². The molecule has 0 aliphatic rings. The Bertz CT molecular complexity index is 3570. The van der Waals surface area contributed by atoms with E-state index in [-0.39, 0.29) is 0 Å². The van der Waals surface area contributed by atoms with E-state index in [4.69, 9.17) is 4.42 Å². The van der Waals surface area contributed by atoms with Crippen LogP contribution in [0.5, 0.6) is 0 Å². The van der Waals surface area contributed by atoms with Crippen molar-refractivity contribution in [3.8, 4) is 33.6 Å². The third-order valence-electron chi connectivity index (χ3n) is 12.1. The second kappa shape index (κ2) is 12.1. The molecule has 4 aromatic heterocycles. The van der Waals surface area contributed by atoms with Gasteiger partial charge in [-0.1, -0.05) is 121 Å². The normalized spacial score (nSPS) is 12.1. The summed E-state index contributed by atoms with van der Waals surface area (Å²) in [5, 5.41) is 9.83. The van der Waals surface area contributed by atoms with Crippen molar-refractivity contribution in [3.63, 3.8) is 0 Å². The molecule has 0 bridgehead atoms. The highest BCUT2D eigenvalue weighted by Crippen LogP contribution is 2.44. The number of rotatable bonds is 4. The Morgan fingerprint density at radius 3 is 1.48 bits per heavy atom. The van der Waals surface area contributed by atoms with Gasteiger partial charge in [-0.3, -0.25) is 0 Å². The Balaban J connectivity index is 0.999. The van der Waals surface area contributed by atoms with E-state index in [1.54, 1.807) is 0 Å². The average Bonchev–Trinajstić information content (AvgIpc) is 4.04. The zero-order valence-electron chi connectivity index (χ0n) is 31.2. The van der Waals surface area contributed by atoms with Crippen molar-refractivity contribution in [3.05, 3.63) is 194 Å². The van der Waals surface area contributed by atoms with Crippen LogP contribution in [-0.2, 0) is 0 Å². The van der Waals surface area contributed by atoms with Gasteiger partial charge in [-0.2, -0.15) is 0 Å². The molecule has 270 valence electrons. The maximum absolute atomic E-state index is 6.34. The van der Waals surface area contributed by atoms with Crippen LogP contribution in [0.2, 0.25) is 0 Å². The van der Waals surface area contributed by atoms with Crippen molar-refractivity contribution in [1.29, 1.82) is 0 Å². The molecule has 0 saturated heterocycles. The lowest BCUT2D eigenvalue weighted by Gasteiger charge is -2.13. The predicted octanol–water partition coefficient (Wildman–Crippen LogP) is 15.5. The quantitative estimate of drug-likeness (QED) is 0.175. The van der Waals surface area contributed by atoms with Gasteiger partial charge in [0, 0.05) is 47.1 Å². The summed E-state index contributed by atoms with van der Waals surface area (Å²) in [6, 6.07) is 70.7. The SMILES string of the molecule is c1ccc(-c2ccc3c(c2)c2ccccc2n3-c2cccc3sc4ccccc4c23)c(-c2ccc3c(c2)c2ccccc2n3-c2cccc3oc4ccccc4c23)c1. The first-order chi connectivity index (χ1) is 28.8. The highest BCUT2D eigenvalue weighted by atomic mass is 32.1. The molecule has 0 amide bonds. The van der Waals surface area contributed by atoms with Gasteiger partial charge >= 0.3 is 0 Å². The number of nitrogens with zero attached hydrogens (tertiary/aromatic N) is 2. The van der Waals surface area contributed by atoms with Gasteiger partial charge in [0.2, 0.25) is 0 Å². The Morgan fingerprint density at radius 2 is 0.810 bits per heavy atom. The summed E-state index contributed by atoms with van der Waals surface area (Å²) in [6.07, 6.45) is 0. The molecule has 0 fully saturated rings. The molecular formula is C54H32N2OS. The minimum Gasteiger partial charge on any atom is -0.456 e. The van der Waals surface area contributed by atoms with E-state index in [1.165, 1.54) is 91.7 Å². The molecule has 0 aliphatic carbocycles. The number of furan rings is 1. The highest BCUT2D eigenvalue weighted by molar-refractivity contribution is 7.25. The summed E-state index contributed by atoms with van der Waals surface area (Å²) in [5.41, 5.74) is 13.7. The smallest absolute Gasteiger partial charge is 0.137 e. The number of benzene rings is 9. The van der Waals surface area contributed by atoms with Crippen LogP contribution in [0.15, 0.2) is 199 Å². The molecule has 4 heterocycles. The van der Waals surface area contributed by atoms with E-state index in [0.717, 1.165) is 27.6 Å². The molecule has 0 radical (unpaired) electrons. The Hall–Kier alpha value is -7.40. The highest BCUT2D eigenvalue weighted by Gasteiger charge is 2.20. The zero-order valence-corrected chi connectivity index (χ0v) is 32.0. The molecule has 0 atom stereocenters. The van der Waals surface area contributed by atoms with Gasteiger partial charge < -0.3 is 13.6 Å². The van der Waals surface area contributed by atoms with Crippen LogP contribution in [0, 0.1) is 0 Å². The van der Waals surface area contributed by atoms with Crippen LogP contribution in [-0.4, -0.2) is 9.13 Å². The fraction of sp³-hybridized carbons (Fsp3) is 0. The summed E-state index contributed by atoms with van der Waals surface area (Å²) in [6.45, 7) is 0. The van der Waals surface area contributed by atoms with Gasteiger partial charge in [0.1, 0.15) is 11.2 Å². The monoisotopic (exact) mass is 756 g/mol. The molecule has 0 spiro atoms. The van der Waals surface area contributed by atoms with Crippen LogP contribution >= 0.6 is 11.3 Å². The van der Waals surface area contributed by atoms with Crippen LogP contribution in [0.4, 0.5) is 0 Å². The lowest BCUT2D eigenvalue weighted by atomic mass is 9.93. The third kappa shape index (κ3) is 4.43. The molecule has 58 heavy (non-hydrogen) atoms. The van der Waals surface area contributed by atoms with E-state index in [9.17, 15) is 0 Å². The van der Waals surface area contributed by atoms with E-state index in [2.05, 4.69) is 197 Å². The van der Waals surface area contributed by atoms with E-state index >= 15 is 0 Å². The van der Waals surface area contributed by atoms with Crippen LogP contribution in [0.3, 0.4) is 0 Å². The van der Waals surface area contributed by atoms with Crippen molar-refractivity contribution >= 4 is 97.1 Å². The van der Waals surface area contributed by atoms with Crippen molar-refractivity contribution in [2.75, 3.05) is 0 Å². The summed E-state index contributed by atoms with van der Waals surface area (Å²) in [7, 11) is 0. The maximum Gasteiger partial charge on any atom is 0.137 e. The summed E-state index contributed by atoms with van der Waals surface area (Å²) < 4.78 is 13.8. The minimum atomic E-state index is 0.896. The fourth-order valence-corrected chi connectivity index (χ4v) is 10.8. The third-order valence-corrected chi connectivity index (χ3v) is 13.3. The molecule has 9 aromatic carbocycles. The Morgan fingerprint density at radius 1 is 0.328 bits per heavy atom. The van der Waals surface area contributed by atoms with Gasteiger partial charge in [-0.05, 0) is 95.1 Å². The number of hydrogen-bond acceptors (Lipinski definition) is 2. The first-order valence-corrected chi connectivity index (χ1v) is 20.6. The number of thiophene rings is 1. The molecule has 13 rings (SSSR count). The number of aromatic nitrogens is 2. The van der Waals surface area contributed by atoms with Crippen LogP contribution in [0.25, 0.3) is 119 Å². The van der Waals surface area contributed by atoms with Gasteiger partial charge in [0.05, 0.1) is 38.8 Å². The second-order valence-electron chi connectivity index (χ2n) is 15.2. The fourth-order valence-electron chi connectivity index (χ4n) is 9.67. The van der Waals surface area contributed by atoms with Crippen molar-refractivity contribution in [2.45, 2.75) is 0 Å². The van der Waals surface area contributed by atoms with Crippen LogP contribution in [0.1, 0.15) is 0 Å². The first kappa shape index (κ1) is 31.8. The topological polar surface area (TPSA) is 23.0 Å². The van der Waals surface area contributed by atoms with Gasteiger partial charge in [-0.15, -0.1) is 11.3 Å². The molecular weight excluding hydrogens is 725 g/mol. The molecule has 0 saturated carbocycles. The van der Waals surface area contributed by atoms with Crippen molar-refractivity contribution in [1.82, 2.24) is 9.13 Å². The van der Waals surface area contributed by atoms with E-state index in [1.807, 2.05) is 17.4 Å². The summed E-state index contributed by atoms with van der Waals surface area (Å²) in [4.78, 5) is 0. The Kier molecular flexibility index (Phi) is 6.60. The summed E-state index contributed by atoms with van der Waals surface area (Å²) in [5.74, 6) is 0. The van der Waals surface area contributed by atoms with E-state index in [0.29, 0.717) is 0 Å². The predicted molar refractivity (Wildman–Crippen MR) is 246 cm³/mol. The molecule has 0 unspecified atom stereocenters. The molecule has 0 N–H and O–H groups in total. The Labute approximate surface area is 336 Å². The van der Waals surface area contributed by atoms with Gasteiger partial charge in [0.25, 0.3) is 0 Å². The van der Waals surface area contributed by atoms with Gasteiger partial charge in [0.15, 0.2) is 0 Å². The molecule has 0 aliphatic heterocycles. The minimum absolute atomic E-state index is 0.896. The summed E-state index contributed by atoms with van der Waals surface area (Å²) >= 11 is 1.87. The van der Waals surface area contributed by atoms with E-state index < -0.39 is 0 Å². The molecule has 13 aromatic rings.